The number of rotatable bonds is 10. The van der Waals surface area contributed by atoms with E-state index in [4.69, 9.17) is 23.2 Å². The van der Waals surface area contributed by atoms with Gasteiger partial charge >= 0.3 is 0 Å². The molecule has 3 unspecified atom stereocenters. The van der Waals surface area contributed by atoms with Gasteiger partial charge < -0.3 is 0 Å². The monoisotopic (exact) mass is 384 g/mol. The van der Waals surface area contributed by atoms with Crippen molar-refractivity contribution in [2.24, 2.45) is 23.7 Å². The lowest BCUT2D eigenvalue weighted by Gasteiger charge is -2.28. The normalized spacial score (nSPS) is 15.8. The minimum Gasteiger partial charge on any atom is -0.123 e. The average Bonchev–Trinajstić information content (AvgIpc) is 2.52. The molecule has 0 N–H and O–H groups in total. The molecule has 0 aromatic heterocycles. The minimum atomic E-state index is 0.256. The molecule has 0 saturated heterocycles. The molecule has 0 aliphatic heterocycles. The van der Waals surface area contributed by atoms with Crippen LogP contribution >= 0.6 is 23.2 Å². The Hall–Kier alpha value is -0.200. The van der Waals surface area contributed by atoms with E-state index in [9.17, 15) is 0 Å². The van der Waals surface area contributed by atoms with Gasteiger partial charge in [0.05, 0.1) is 0 Å². The van der Waals surface area contributed by atoms with Gasteiger partial charge in [-0.15, -0.1) is 23.2 Å². The Bertz CT molecular complexity index is 505. The standard InChI is InChI=1S/C23H38Cl2/c1-15(2)10-22(16(3)4)21-9-8-19(14-24)13-20(21)11-18(7)12-23(25)17(5)6/h8-9,13,15-18,22-23H,10-12,14H2,1-7H3. The number of halogens is 2. The topological polar surface area (TPSA) is 0 Å². The summed E-state index contributed by atoms with van der Waals surface area (Å²) in [6.07, 6.45) is 3.40. The third kappa shape index (κ3) is 7.51. The van der Waals surface area contributed by atoms with E-state index in [0.29, 0.717) is 35.5 Å². The van der Waals surface area contributed by atoms with Crippen LogP contribution in [0.3, 0.4) is 0 Å². The predicted octanol–water partition coefficient (Wildman–Crippen LogP) is 8.04. The largest absolute Gasteiger partial charge is 0.123 e. The predicted molar refractivity (Wildman–Crippen MR) is 115 cm³/mol. The van der Waals surface area contributed by atoms with Crippen LogP contribution in [-0.4, -0.2) is 5.38 Å². The lowest BCUT2D eigenvalue weighted by Crippen LogP contribution is -2.17. The van der Waals surface area contributed by atoms with Crippen LogP contribution in [0.4, 0.5) is 0 Å². The van der Waals surface area contributed by atoms with Crippen LogP contribution in [-0.2, 0) is 12.3 Å². The number of alkyl halides is 2. The Morgan fingerprint density at radius 2 is 1.52 bits per heavy atom. The molecule has 0 aliphatic rings. The van der Waals surface area contributed by atoms with E-state index in [1.807, 2.05) is 0 Å². The summed E-state index contributed by atoms with van der Waals surface area (Å²) in [5.41, 5.74) is 4.24. The first kappa shape index (κ1) is 22.8. The van der Waals surface area contributed by atoms with Gasteiger partial charge in [0.1, 0.15) is 0 Å². The Kier molecular flexibility index (Phi) is 9.89. The van der Waals surface area contributed by atoms with Gasteiger partial charge in [0.15, 0.2) is 0 Å². The molecule has 0 nitrogen and oxygen atoms in total. The number of hydrogen-bond acceptors (Lipinski definition) is 0. The summed E-state index contributed by atoms with van der Waals surface area (Å²) < 4.78 is 0. The van der Waals surface area contributed by atoms with E-state index >= 15 is 0 Å². The van der Waals surface area contributed by atoms with E-state index in [2.05, 4.69) is 66.7 Å². The first-order valence-corrected chi connectivity index (χ1v) is 10.9. The van der Waals surface area contributed by atoms with Gasteiger partial charge in [-0.1, -0.05) is 66.7 Å². The van der Waals surface area contributed by atoms with Gasteiger partial charge in [-0.05, 0) is 65.5 Å². The molecule has 1 aromatic carbocycles. The fourth-order valence-corrected chi connectivity index (χ4v) is 4.13. The second-order valence-electron chi connectivity index (χ2n) is 8.95. The fraction of sp³-hybridized carbons (Fsp3) is 0.739. The molecule has 3 atom stereocenters. The molecule has 0 saturated carbocycles. The number of hydrogen-bond donors (Lipinski definition) is 0. The summed E-state index contributed by atoms with van der Waals surface area (Å²) in [6.45, 7) is 16.1. The highest BCUT2D eigenvalue weighted by molar-refractivity contribution is 6.20. The summed E-state index contributed by atoms with van der Waals surface area (Å²) >= 11 is 12.7. The zero-order valence-electron chi connectivity index (χ0n) is 17.3. The molecule has 25 heavy (non-hydrogen) atoms. The Morgan fingerprint density at radius 1 is 0.880 bits per heavy atom. The highest BCUT2D eigenvalue weighted by Crippen LogP contribution is 2.35. The molecular formula is C23H38Cl2. The lowest BCUT2D eigenvalue weighted by molar-refractivity contribution is 0.401. The maximum absolute atomic E-state index is 6.54. The van der Waals surface area contributed by atoms with Gasteiger partial charge in [-0.2, -0.15) is 0 Å². The van der Waals surface area contributed by atoms with Crippen molar-refractivity contribution in [2.45, 2.75) is 84.9 Å². The number of benzene rings is 1. The van der Waals surface area contributed by atoms with Gasteiger partial charge in [0.2, 0.25) is 0 Å². The summed E-state index contributed by atoms with van der Waals surface area (Å²) in [5.74, 6) is 3.67. The SMILES string of the molecule is CC(C)CC(c1ccc(CCl)cc1CC(C)CC(Cl)C(C)C)C(C)C. The van der Waals surface area contributed by atoms with Crippen molar-refractivity contribution in [3.8, 4) is 0 Å². The zero-order valence-corrected chi connectivity index (χ0v) is 18.8. The molecule has 1 rings (SSSR count). The van der Waals surface area contributed by atoms with Crippen LogP contribution < -0.4 is 0 Å². The zero-order chi connectivity index (χ0) is 19.1. The Morgan fingerprint density at radius 3 is 2.00 bits per heavy atom. The van der Waals surface area contributed by atoms with Gasteiger partial charge in [-0.25, -0.2) is 0 Å². The average molecular weight is 385 g/mol. The van der Waals surface area contributed by atoms with E-state index in [0.717, 1.165) is 12.8 Å². The molecule has 0 radical (unpaired) electrons. The van der Waals surface area contributed by atoms with Gasteiger partial charge in [0.25, 0.3) is 0 Å². The van der Waals surface area contributed by atoms with Crippen LogP contribution in [0.2, 0.25) is 0 Å². The van der Waals surface area contributed by atoms with Crippen molar-refractivity contribution in [1.29, 1.82) is 0 Å². The maximum Gasteiger partial charge on any atom is 0.0474 e. The third-order valence-corrected chi connectivity index (χ3v) is 6.20. The summed E-state index contributed by atoms with van der Waals surface area (Å²) in [6, 6.07) is 6.89. The molecule has 0 spiro atoms. The second kappa shape index (κ2) is 10.8. The van der Waals surface area contributed by atoms with Crippen molar-refractivity contribution < 1.29 is 0 Å². The highest BCUT2D eigenvalue weighted by atomic mass is 35.5. The summed E-state index contributed by atoms with van der Waals surface area (Å²) in [5, 5.41) is 0.256. The molecule has 0 fully saturated rings. The van der Waals surface area contributed by atoms with Crippen LogP contribution in [0.5, 0.6) is 0 Å². The van der Waals surface area contributed by atoms with E-state index < -0.39 is 0 Å². The fourth-order valence-electron chi connectivity index (χ4n) is 3.66. The highest BCUT2D eigenvalue weighted by Gasteiger charge is 2.22. The summed E-state index contributed by atoms with van der Waals surface area (Å²) in [7, 11) is 0. The smallest absolute Gasteiger partial charge is 0.0474 e. The molecule has 2 heteroatoms. The second-order valence-corrected chi connectivity index (χ2v) is 9.78. The Labute approximate surface area is 166 Å². The van der Waals surface area contributed by atoms with E-state index in [-0.39, 0.29) is 5.38 Å². The van der Waals surface area contributed by atoms with Crippen LogP contribution in [0, 0.1) is 23.7 Å². The molecule has 0 amide bonds. The minimum absolute atomic E-state index is 0.256. The van der Waals surface area contributed by atoms with Crippen LogP contribution in [0.25, 0.3) is 0 Å². The third-order valence-electron chi connectivity index (χ3n) is 5.21. The van der Waals surface area contributed by atoms with Crippen molar-refractivity contribution in [3.05, 3.63) is 34.9 Å². The van der Waals surface area contributed by atoms with E-state index in [1.54, 1.807) is 0 Å². The first-order chi connectivity index (χ1) is 11.6. The summed E-state index contributed by atoms with van der Waals surface area (Å²) in [4.78, 5) is 0. The van der Waals surface area contributed by atoms with Crippen molar-refractivity contribution in [2.75, 3.05) is 0 Å². The van der Waals surface area contributed by atoms with Crippen molar-refractivity contribution >= 4 is 23.2 Å². The first-order valence-electron chi connectivity index (χ1n) is 9.97. The quantitative estimate of drug-likeness (QED) is 0.357. The molecule has 1 aromatic rings. The van der Waals surface area contributed by atoms with Gasteiger partial charge in [-0.3, -0.25) is 0 Å². The van der Waals surface area contributed by atoms with Crippen LogP contribution in [0.1, 0.15) is 83.9 Å². The molecule has 0 heterocycles. The van der Waals surface area contributed by atoms with Gasteiger partial charge in [0, 0.05) is 11.3 Å². The molecule has 0 aliphatic carbocycles. The molecule has 144 valence electrons. The molecular weight excluding hydrogens is 347 g/mol. The lowest BCUT2D eigenvalue weighted by atomic mass is 9.78. The van der Waals surface area contributed by atoms with Crippen LogP contribution in [0.15, 0.2) is 18.2 Å². The van der Waals surface area contributed by atoms with Crippen molar-refractivity contribution in [3.63, 3.8) is 0 Å². The van der Waals surface area contributed by atoms with Crippen molar-refractivity contribution in [1.82, 2.24) is 0 Å². The maximum atomic E-state index is 6.54. The van der Waals surface area contributed by atoms with E-state index in [1.165, 1.54) is 23.1 Å². The molecule has 0 bridgehead atoms. The Balaban J connectivity index is 3.09.